The molecule has 1 heterocycles. The Labute approximate surface area is 116 Å². The number of hydrogen-bond acceptors (Lipinski definition) is 5. The lowest BCUT2D eigenvalue weighted by atomic mass is 10.2. The van der Waals surface area contributed by atoms with Crippen LogP contribution in [0.4, 0.5) is 0 Å². The fraction of sp³-hybridized carbons (Fsp3) is 0.286. The molecule has 1 aromatic heterocycles. The number of aromatic nitrogens is 1. The first-order valence-corrected chi connectivity index (χ1v) is 6.09. The van der Waals surface area contributed by atoms with E-state index in [-0.39, 0.29) is 5.91 Å². The molecule has 1 N–H and O–H groups in total. The molecule has 0 unspecified atom stereocenters. The van der Waals surface area contributed by atoms with Crippen molar-refractivity contribution in [1.29, 1.82) is 0 Å². The third kappa shape index (κ3) is 3.16. The molecule has 20 heavy (non-hydrogen) atoms. The van der Waals surface area contributed by atoms with Crippen LogP contribution >= 0.6 is 0 Å². The van der Waals surface area contributed by atoms with Gasteiger partial charge in [0.25, 0.3) is 5.91 Å². The van der Waals surface area contributed by atoms with Gasteiger partial charge in [-0.1, -0.05) is 5.16 Å². The minimum atomic E-state index is -0.301. The second-order valence-electron chi connectivity index (χ2n) is 4.25. The summed E-state index contributed by atoms with van der Waals surface area (Å²) in [5.41, 5.74) is 4.50. The van der Waals surface area contributed by atoms with Crippen LogP contribution in [0.3, 0.4) is 0 Å². The number of carbonyl (C=O) groups excluding carboxylic acids is 1. The highest BCUT2D eigenvalue weighted by atomic mass is 16.6. The van der Waals surface area contributed by atoms with Crippen LogP contribution < -0.4 is 10.2 Å². The van der Waals surface area contributed by atoms with E-state index in [9.17, 15) is 4.79 Å². The Morgan fingerprint density at radius 3 is 2.55 bits per heavy atom. The summed E-state index contributed by atoms with van der Waals surface area (Å²) in [6.45, 7) is 4.09. The Balaban J connectivity index is 1.99. The second-order valence-corrected chi connectivity index (χ2v) is 4.25. The number of rotatable bonds is 5. The Morgan fingerprint density at radius 1 is 1.30 bits per heavy atom. The van der Waals surface area contributed by atoms with E-state index in [1.54, 1.807) is 24.3 Å². The molecule has 0 spiro atoms. The standard InChI is InChI=1S/C14H16N2O4/c1-9-13(10(2)20-15-9)8-19-12-6-4-11(5-7-12)14(17)16-18-3/h4-7H,8H2,1-3H3,(H,16,17). The van der Waals surface area contributed by atoms with Crippen molar-refractivity contribution in [1.82, 2.24) is 10.6 Å². The van der Waals surface area contributed by atoms with Gasteiger partial charge in [0.05, 0.1) is 18.4 Å². The third-order valence-electron chi connectivity index (χ3n) is 2.88. The van der Waals surface area contributed by atoms with Crippen LogP contribution in [-0.4, -0.2) is 18.2 Å². The van der Waals surface area contributed by atoms with Gasteiger partial charge >= 0.3 is 0 Å². The van der Waals surface area contributed by atoms with Crippen molar-refractivity contribution in [2.45, 2.75) is 20.5 Å². The maximum absolute atomic E-state index is 11.5. The molecule has 6 nitrogen and oxygen atoms in total. The van der Waals surface area contributed by atoms with Crippen molar-refractivity contribution in [3.8, 4) is 5.75 Å². The minimum Gasteiger partial charge on any atom is -0.489 e. The number of ether oxygens (including phenoxy) is 1. The summed E-state index contributed by atoms with van der Waals surface area (Å²) in [6, 6.07) is 6.78. The van der Waals surface area contributed by atoms with Crippen LogP contribution in [0.25, 0.3) is 0 Å². The van der Waals surface area contributed by atoms with Crippen LogP contribution in [0.2, 0.25) is 0 Å². The van der Waals surface area contributed by atoms with E-state index in [2.05, 4.69) is 15.5 Å². The van der Waals surface area contributed by atoms with Crippen molar-refractivity contribution >= 4 is 5.91 Å². The van der Waals surface area contributed by atoms with Gasteiger partial charge in [-0.3, -0.25) is 9.63 Å². The Hall–Kier alpha value is -2.34. The topological polar surface area (TPSA) is 73.6 Å². The number of aryl methyl sites for hydroxylation is 2. The van der Waals surface area contributed by atoms with Crippen LogP contribution in [0.5, 0.6) is 5.75 Å². The molecule has 1 amide bonds. The molecule has 0 aliphatic heterocycles. The zero-order valence-corrected chi connectivity index (χ0v) is 11.6. The largest absolute Gasteiger partial charge is 0.489 e. The predicted octanol–water partition coefficient (Wildman–Crippen LogP) is 2.16. The highest BCUT2D eigenvalue weighted by Gasteiger charge is 2.10. The van der Waals surface area contributed by atoms with Crippen molar-refractivity contribution < 1.29 is 18.9 Å². The lowest BCUT2D eigenvalue weighted by Gasteiger charge is -2.07. The van der Waals surface area contributed by atoms with Gasteiger partial charge in [-0.15, -0.1) is 0 Å². The minimum absolute atomic E-state index is 0.301. The molecule has 6 heteroatoms. The average molecular weight is 276 g/mol. The van der Waals surface area contributed by atoms with Gasteiger partial charge in [-0.25, -0.2) is 5.48 Å². The van der Waals surface area contributed by atoms with E-state index >= 15 is 0 Å². The summed E-state index contributed by atoms with van der Waals surface area (Å²) in [4.78, 5) is 16.1. The highest BCUT2D eigenvalue weighted by Crippen LogP contribution is 2.17. The maximum atomic E-state index is 11.5. The number of hydrogen-bond donors (Lipinski definition) is 1. The molecule has 0 fully saturated rings. The quantitative estimate of drug-likeness (QED) is 0.847. The molecule has 1 aromatic carbocycles. The lowest BCUT2D eigenvalue weighted by molar-refractivity contribution is 0.0537. The number of nitrogens with zero attached hydrogens (tertiary/aromatic N) is 1. The molecular formula is C14H16N2O4. The maximum Gasteiger partial charge on any atom is 0.274 e. The molecule has 106 valence electrons. The van der Waals surface area contributed by atoms with Gasteiger partial charge in [0.15, 0.2) is 0 Å². The number of benzene rings is 1. The third-order valence-corrected chi connectivity index (χ3v) is 2.88. The first kappa shape index (κ1) is 14.1. The summed E-state index contributed by atoms with van der Waals surface area (Å²) in [6.07, 6.45) is 0. The van der Waals surface area contributed by atoms with Crippen molar-refractivity contribution in [2.75, 3.05) is 7.11 Å². The molecule has 2 aromatic rings. The summed E-state index contributed by atoms with van der Waals surface area (Å²) >= 11 is 0. The Kier molecular flexibility index (Phi) is 4.37. The van der Waals surface area contributed by atoms with Gasteiger partial charge in [-0.05, 0) is 38.1 Å². The number of carbonyl (C=O) groups is 1. The average Bonchev–Trinajstić information content (AvgIpc) is 2.77. The normalized spacial score (nSPS) is 10.3. The molecule has 0 saturated heterocycles. The van der Waals surface area contributed by atoms with Gasteiger partial charge in [0.2, 0.25) is 0 Å². The second kappa shape index (κ2) is 6.21. The van der Waals surface area contributed by atoms with E-state index in [0.29, 0.717) is 17.9 Å². The van der Waals surface area contributed by atoms with E-state index in [4.69, 9.17) is 9.26 Å². The van der Waals surface area contributed by atoms with Crippen molar-refractivity contribution in [3.05, 3.63) is 46.8 Å². The molecule has 2 rings (SSSR count). The molecule has 0 bridgehead atoms. The van der Waals surface area contributed by atoms with E-state index in [1.165, 1.54) is 7.11 Å². The monoisotopic (exact) mass is 276 g/mol. The Morgan fingerprint density at radius 2 is 2.00 bits per heavy atom. The first-order valence-electron chi connectivity index (χ1n) is 6.09. The fourth-order valence-corrected chi connectivity index (χ4v) is 1.72. The summed E-state index contributed by atoms with van der Waals surface area (Å²) in [7, 11) is 1.39. The van der Waals surface area contributed by atoms with E-state index in [0.717, 1.165) is 17.0 Å². The first-order chi connectivity index (χ1) is 9.61. The van der Waals surface area contributed by atoms with Gasteiger partial charge < -0.3 is 9.26 Å². The highest BCUT2D eigenvalue weighted by molar-refractivity contribution is 5.93. The molecule has 0 radical (unpaired) electrons. The van der Waals surface area contributed by atoms with Crippen molar-refractivity contribution in [2.24, 2.45) is 0 Å². The van der Waals surface area contributed by atoms with Crippen LogP contribution in [-0.2, 0) is 11.4 Å². The van der Waals surface area contributed by atoms with Crippen LogP contribution in [0, 0.1) is 13.8 Å². The van der Waals surface area contributed by atoms with Gasteiger partial charge in [0, 0.05) is 5.56 Å². The Bertz CT molecular complexity index is 570. The molecular weight excluding hydrogens is 260 g/mol. The number of nitrogens with one attached hydrogen (secondary N) is 1. The zero-order chi connectivity index (χ0) is 14.5. The SMILES string of the molecule is CONC(=O)c1ccc(OCc2c(C)noc2C)cc1. The fourth-order valence-electron chi connectivity index (χ4n) is 1.72. The smallest absolute Gasteiger partial charge is 0.274 e. The van der Waals surface area contributed by atoms with Crippen LogP contribution in [0.1, 0.15) is 27.4 Å². The zero-order valence-electron chi connectivity index (χ0n) is 11.6. The molecule has 0 aliphatic carbocycles. The predicted molar refractivity (Wildman–Crippen MR) is 71.2 cm³/mol. The molecule has 0 saturated carbocycles. The summed E-state index contributed by atoms with van der Waals surface area (Å²) in [5.74, 6) is 1.11. The summed E-state index contributed by atoms with van der Waals surface area (Å²) in [5, 5.41) is 3.86. The van der Waals surface area contributed by atoms with E-state index in [1.807, 2.05) is 13.8 Å². The van der Waals surface area contributed by atoms with Crippen LogP contribution in [0.15, 0.2) is 28.8 Å². The number of hydroxylamine groups is 1. The lowest BCUT2D eigenvalue weighted by Crippen LogP contribution is -2.21. The molecule has 0 aliphatic rings. The van der Waals surface area contributed by atoms with Crippen molar-refractivity contribution in [3.63, 3.8) is 0 Å². The van der Waals surface area contributed by atoms with Gasteiger partial charge in [-0.2, -0.15) is 0 Å². The summed E-state index contributed by atoms with van der Waals surface area (Å²) < 4.78 is 10.7. The number of amides is 1. The molecule has 0 atom stereocenters. The van der Waals surface area contributed by atoms with E-state index < -0.39 is 0 Å². The van der Waals surface area contributed by atoms with Gasteiger partial charge in [0.1, 0.15) is 18.1 Å².